The molecule has 156 valence electrons. The number of anilines is 1. The van der Waals surface area contributed by atoms with Crippen molar-refractivity contribution >= 4 is 28.7 Å². The molecule has 9 nitrogen and oxygen atoms in total. The Morgan fingerprint density at radius 3 is 2.63 bits per heavy atom. The summed E-state index contributed by atoms with van der Waals surface area (Å²) in [5, 5.41) is 8.15. The molecule has 0 amide bonds. The molecule has 0 aliphatic rings. The predicted molar refractivity (Wildman–Crippen MR) is 104 cm³/mol. The zero-order valence-electron chi connectivity index (χ0n) is 15.5. The molecule has 0 aromatic carbocycles. The summed E-state index contributed by atoms with van der Waals surface area (Å²) in [5.74, 6) is 0.995. The summed E-state index contributed by atoms with van der Waals surface area (Å²) in [7, 11) is 0. The van der Waals surface area contributed by atoms with E-state index in [1.807, 2.05) is 4.57 Å². The lowest BCUT2D eigenvalue weighted by Crippen LogP contribution is -2.19. The van der Waals surface area contributed by atoms with Gasteiger partial charge in [0.05, 0.1) is 6.33 Å². The summed E-state index contributed by atoms with van der Waals surface area (Å²) in [6, 6.07) is 3.20. The van der Waals surface area contributed by atoms with Crippen molar-refractivity contribution in [1.29, 1.82) is 0 Å². The van der Waals surface area contributed by atoms with Gasteiger partial charge in [0.2, 0.25) is 0 Å². The summed E-state index contributed by atoms with van der Waals surface area (Å²) in [6.45, 7) is -0.590. The van der Waals surface area contributed by atoms with Crippen LogP contribution in [0.4, 0.5) is 19.0 Å². The summed E-state index contributed by atoms with van der Waals surface area (Å²) < 4.78 is 42.3. The molecule has 0 unspecified atom stereocenters. The molecule has 0 spiro atoms. The van der Waals surface area contributed by atoms with Gasteiger partial charge in [0.1, 0.15) is 18.4 Å². The molecule has 4 aromatic heterocycles. The molecule has 13 heteroatoms. The molecule has 0 aliphatic carbocycles. The topological polar surface area (TPSA) is 113 Å². The third-order valence-corrected chi connectivity index (χ3v) is 5.25. The van der Waals surface area contributed by atoms with Crippen molar-refractivity contribution < 1.29 is 13.2 Å². The summed E-state index contributed by atoms with van der Waals surface area (Å²) >= 11 is 1.22. The minimum atomic E-state index is -4.39. The number of nitrogens with two attached hydrogens (primary N) is 1. The van der Waals surface area contributed by atoms with E-state index in [0.717, 1.165) is 4.57 Å². The van der Waals surface area contributed by atoms with E-state index in [2.05, 4.69) is 30.1 Å². The van der Waals surface area contributed by atoms with Crippen molar-refractivity contribution in [3.05, 3.63) is 37.2 Å². The molecule has 4 heterocycles. The normalized spacial score (nSPS) is 12.0. The average molecular weight is 435 g/mol. The lowest BCUT2D eigenvalue weighted by Gasteiger charge is -2.12. The molecule has 2 N–H and O–H groups in total. The molecule has 0 atom stereocenters. The van der Waals surface area contributed by atoms with E-state index in [4.69, 9.17) is 5.73 Å². The number of imidazole rings is 1. The number of aromatic nitrogens is 8. The Morgan fingerprint density at radius 2 is 1.87 bits per heavy atom. The van der Waals surface area contributed by atoms with Crippen molar-refractivity contribution in [2.75, 3.05) is 11.5 Å². The van der Waals surface area contributed by atoms with E-state index < -0.39 is 12.7 Å². The predicted octanol–water partition coefficient (Wildman–Crippen LogP) is 2.81. The number of aryl methyl sites for hydroxylation is 1. The third kappa shape index (κ3) is 4.35. The average Bonchev–Trinajstić information content (AvgIpc) is 3.30. The van der Waals surface area contributed by atoms with Crippen molar-refractivity contribution in [1.82, 2.24) is 39.3 Å². The molecule has 0 saturated carbocycles. The largest absolute Gasteiger partial charge is 0.406 e. The molecule has 0 bridgehead atoms. The molecular formula is C17H16F3N9S. The number of rotatable bonds is 7. The highest BCUT2D eigenvalue weighted by atomic mass is 32.2. The van der Waals surface area contributed by atoms with E-state index in [1.165, 1.54) is 30.5 Å². The number of halogens is 3. The van der Waals surface area contributed by atoms with Crippen LogP contribution < -0.4 is 5.73 Å². The second-order valence-corrected chi connectivity index (χ2v) is 7.38. The van der Waals surface area contributed by atoms with E-state index in [1.54, 1.807) is 18.5 Å². The van der Waals surface area contributed by atoms with E-state index in [-0.39, 0.29) is 11.0 Å². The highest BCUT2D eigenvalue weighted by Crippen LogP contribution is 2.28. The van der Waals surface area contributed by atoms with Gasteiger partial charge in [-0.2, -0.15) is 13.2 Å². The number of hydrogen-bond donors (Lipinski definition) is 1. The standard InChI is InChI=1S/C17H16F3N9S/c18-17(19,20)8-29-14(11-2-4-22-5-3-11)26-27-16(29)30-7-1-6-28-10-25-12-13(21)23-9-24-15(12)28/h2-5,9-10H,1,6-8H2,(H2,21,23,24). The van der Waals surface area contributed by atoms with Crippen molar-refractivity contribution in [2.45, 2.75) is 30.8 Å². The molecule has 4 aromatic rings. The van der Waals surface area contributed by atoms with Crippen molar-refractivity contribution in [3.63, 3.8) is 0 Å². The molecule has 0 aliphatic heterocycles. The van der Waals surface area contributed by atoms with E-state index >= 15 is 0 Å². The molecule has 0 fully saturated rings. The first-order chi connectivity index (χ1) is 14.4. The lowest BCUT2D eigenvalue weighted by atomic mass is 10.2. The Hall–Kier alpha value is -3.22. The Morgan fingerprint density at radius 1 is 1.07 bits per heavy atom. The molecule has 0 radical (unpaired) electrons. The van der Waals surface area contributed by atoms with Crippen LogP contribution in [0.15, 0.2) is 42.3 Å². The molecule has 4 rings (SSSR count). The van der Waals surface area contributed by atoms with Crippen LogP contribution in [-0.4, -0.2) is 51.2 Å². The second kappa shape index (κ2) is 8.26. The number of nitrogen functional groups attached to an aromatic ring is 1. The van der Waals surface area contributed by atoms with Gasteiger partial charge in [-0.05, 0) is 18.6 Å². The number of nitrogens with zero attached hydrogens (tertiary/aromatic N) is 8. The van der Waals surface area contributed by atoms with Gasteiger partial charge < -0.3 is 10.3 Å². The molecule has 0 saturated heterocycles. The van der Waals surface area contributed by atoms with Gasteiger partial charge >= 0.3 is 6.18 Å². The lowest BCUT2D eigenvalue weighted by molar-refractivity contribution is -0.141. The smallest absolute Gasteiger partial charge is 0.382 e. The Labute approximate surface area is 172 Å². The van der Waals surface area contributed by atoms with E-state index in [0.29, 0.717) is 41.3 Å². The fourth-order valence-corrected chi connectivity index (χ4v) is 3.75. The van der Waals surface area contributed by atoms with Crippen LogP contribution in [0, 0.1) is 0 Å². The Bertz CT molecular complexity index is 1140. The number of thioether (sulfide) groups is 1. The maximum absolute atomic E-state index is 13.1. The third-order valence-electron chi connectivity index (χ3n) is 4.20. The van der Waals surface area contributed by atoms with Gasteiger partial charge in [0.25, 0.3) is 0 Å². The first kappa shape index (κ1) is 20.1. The second-order valence-electron chi connectivity index (χ2n) is 6.31. The van der Waals surface area contributed by atoms with E-state index in [9.17, 15) is 13.2 Å². The van der Waals surface area contributed by atoms with Gasteiger partial charge in [-0.1, -0.05) is 11.8 Å². The molecular weight excluding hydrogens is 419 g/mol. The van der Waals surface area contributed by atoms with Crippen molar-refractivity contribution in [2.24, 2.45) is 0 Å². The maximum atomic E-state index is 13.1. The number of hydrogen-bond acceptors (Lipinski definition) is 8. The fraction of sp³-hybridized carbons (Fsp3) is 0.294. The fourth-order valence-electron chi connectivity index (χ4n) is 2.89. The van der Waals surface area contributed by atoms with Crippen LogP contribution in [0.2, 0.25) is 0 Å². The number of alkyl halides is 3. The number of pyridine rings is 1. The SMILES string of the molecule is Nc1ncnc2c1ncn2CCCSc1nnc(-c2ccncc2)n1CC(F)(F)F. The van der Waals surface area contributed by atoms with Crippen LogP contribution in [-0.2, 0) is 13.1 Å². The minimum absolute atomic E-state index is 0.157. The Kier molecular flexibility index (Phi) is 5.53. The zero-order chi connectivity index (χ0) is 21.1. The van der Waals surface area contributed by atoms with Crippen LogP contribution >= 0.6 is 11.8 Å². The zero-order valence-corrected chi connectivity index (χ0v) is 16.3. The van der Waals surface area contributed by atoms with Gasteiger partial charge in [0, 0.05) is 30.3 Å². The Balaban J connectivity index is 1.46. The van der Waals surface area contributed by atoms with Gasteiger partial charge in [-0.3, -0.25) is 9.55 Å². The van der Waals surface area contributed by atoms with Gasteiger partial charge in [0.15, 0.2) is 22.4 Å². The van der Waals surface area contributed by atoms with Crippen LogP contribution in [0.1, 0.15) is 6.42 Å². The summed E-state index contributed by atoms with van der Waals surface area (Å²) in [5.41, 5.74) is 7.44. The van der Waals surface area contributed by atoms with Crippen LogP contribution in [0.5, 0.6) is 0 Å². The molecule has 30 heavy (non-hydrogen) atoms. The van der Waals surface area contributed by atoms with Crippen LogP contribution in [0.25, 0.3) is 22.6 Å². The maximum Gasteiger partial charge on any atom is 0.406 e. The van der Waals surface area contributed by atoms with Gasteiger partial charge in [-0.25, -0.2) is 15.0 Å². The number of fused-ring (bicyclic) bond motifs is 1. The minimum Gasteiger partial charge on any atom is -0.382 e. The highest BCUT2D eigenvalue weighted by Gasteiger charge is 2.31. The summed E-state index contributed by atoms with van der Waals surface area (Å²) in [6.07, 6.45) is 2.25. The highest BCUT2D eigenvalue weighted by molar-refractivity contribution is 7.99. The van der Waals surface area contributed by atoms with Crippen LogP contribution in [0.3, 0.4) is 0 Å². The first-order valence-electron chi connectivity index (χ1n) is 8.87. The monoisotopic (exact) mass is 435 g/mol. The van der Waals surface area contributed by atoms with Crippen molar-refractivity contribution in [3.8, 4) is 11.4 Å². The first-order valence-corrected chi connectivity index (χ1v) is 9.85. The quantitative estimate of drug-likeness (QED) is 0.348. The van der Waals surface area contributed by atoms with Gasteiger partial charge in [-0.15, -0.1) is 10.2 Å². The summed E-state index contributed by atoms with van der Waals surface area (Å²) in [4.78, 5) is 16.2.